The fourth-order valence-electron chi connectivity index (χ4n) is 4.12. The van der Waals surface area contributed by atoms with Crippen molar-refractivity contribution in [3.8, 4) is 5.75 Å². The van der Waals surface area contributed by atoms with Crippen LogP contribution >= 0.6 is 10.9 Å². The number of benzene rings is 4. The van der Waals surface area contributed by atoms with E-state index >= 15 is 0 Å². The summed E-state index contributed by atoms with van der Waals surface area (Å²) in [6.07, 6.45) is 0. The van der Waals surface area contributed by atoms with E-state index in [1.54, 1.807) is 24.3 Å². The Morgan fingerprint density at radius 1 is 0.755 bits per heavy atom. The van der Waals surface area contributed by atoms with E-state index in [2.05, 4.69) is 24.6 Å². The third-order valence-electron chi connectivity index (χ3n) is 6.47. The van der Waals surface area contributed by atoms with Gasteiger partial charge in [-0.1, -0.05) is 17.7 Å². The Morgan fingerprint density at radius 2 is 1.29 bits per heavy atom. The Morgan fingerprint density at radius 3 is 1.80 bits per heavy atom. The molecule has 0 unspecified atom stereocenters. The lowest BCUT2D eigenvalue weighted by molar-refractivity contribution is 0.284. The van der Waals surface area contributed by atoms with E-state index in [0.29, 0.717) is 11.4 Å². The largest absolute Gasteiger partial charge is 0.505 e. The summed E-state index contributed by atoms with van der Waals surface area (Å²) in [6.45, 7) is 2.55. The molecular formula is C27H31N5O13S4. The van der Waals surface area contributed by atoms with Gasteiger partial charge < -0.3 is 24.5 Å². The minimum absolute atomic E-state index is 0.00138. The first-order valence-electron chi connectivity index (χ1n) is 13.3. The van der Waals surface area contributed by atoms with Crippen LogP contribution in [0.2, 0.25) is 0 Å². The number of nitrogens with two attached hydrogens (primary N) is 1. The molecule has 0 aliphatic carbocycles. The number of nitrogens with zero attached hydrogens (tertiary/aromatic N) is 4. The lowest BCUT2D eigenvalue weighted by Gasteiger charge is -2.23. The van der Waals surface area contributed by atoms with Gasteiger partial charge in [-0.15, -0.1) is 5.11 Å². The molecule has 266 valence electrons. The maximum Gasteiger partial charge on any atom is 0.397 e. The molecule has 0 aliphatic rings. The van der Waals surface area contributed by atoms with Crippen molar-refractivity contribution < 1.29 is 57.3 Å². The number of phenols is 1. The number of anilines is 1. The first-order valence-corrected chi connectivity index (χ1v) is 19.3. The van der Waals surface area contributed by atoms with Crippen molar-refractivity contribution in [2.45, 2.75) is 28.5 Å². The summed E-state index contributed by atoms with van der Waals surface area (Å²) in [6, 6.07) is 14.4. The number of nitrogen functional groups attached to an aromatic ring is 1. The van der Waals surface area contributed by atoms with Crippen LogP contribution in [-0.2, 0) is 34.5 Å². The van der Waals surface area contributed by atoms with Crippen LogP contribution in [0.4, 0.5) is 22.7 Å². The van der Waals surface area contributed by atoms with Gasteiger partial charge in [0.1, 0.15) is 16.6 Å². The molecule has 0 radical (unpaired) electrons. The molecule has 49 heavy (non-hydrogen) atoms. The molecule has 0 saturated carbocycles. The Bertz CT molecular complexity index is 2240. The van der Waals surface area contributed by atoms with Crippen molar-refractivity contribution in [2.75, 3.05) is 25.1 Å². The summed E-state index contributed by atoms with van der Waals surface area (Å²) in [4.78, 5) is -1.12. The van der Waals surface area contributed by atoms with Crippen molar-refractivity contribution >= 4 is 74.7 Å². The predicted octanol–water partition coefficient (Wildman–Crippen LogP) is 5.98. The van der Waals surface area contributed by atoms with Gasteiger partial charge in [0.15, 0.2) is 15.6 Å². The van der Waals surface area contributed by atoms with Crippen LogP contribution in [-0.4, -0.2) is 72.5 Å². The monoisotopic (exact) mass is 761 g/mol. The molecular weight excluding hydrogens is 731 g/mol. The van der Waals surface area contributed by atoms with Gasteiger partial charge in [-0.05, 0) is 73.3 Å². The zero-order valence-electron chi connectivity index (χ0n) is 25.7. The molecule has 4 aromatic rings. The molecule has 8 N–H and O–H groups in total. The van der Waals surface area contributed by atoms with E-state index in [1.807, 2.05) is 6.92 Å². The lowest BCUT2D eigenvalue weighted by atomic mass is 10.0. The van der Waals surface area contributed by atoms with E-state index < -0.39 is 74.8 Å². The van der Waals surface area contributed by atoms with Gasteiger partial charge in [-0.3, -0.25) is 9.11 Å². The molecule has 0 aromatic heterocycles. The number of rotatable bonds is 10. The highest BCUT2D eigenvalue weighted by atomic mass is 32.3. The van der Waals surface area contributed by atoms with E-state index in [0.717, 1.165) is 17.7 Å². The summed E-state index contributed by atoms with van der Waals surface area (Å²) in [5, 5.41) is 25.7. The number of hydrogen-bond donors (Lipinski definition) is 7. The Kier molecular flexibility index (Phi) is 12.2. The second-order valence-electron chi connectivity index (χ2n) is 9.98. The van der Waals surface area contributed by atoms with Gasteiger partial charge in [0.05, 0.1) is 38.4 Å². The van der Waals surface area contributed by atoms with Crippen molar-refractivity contribution in [1.29, 1.82) is 0 Å². The predicted molar refractivity (Wildman–Crippen MR) is 180 cm³/mol. The summed E-state index contributed by atoms with van der Waals surface area (Å²) in [5.41, 5.74) is 7.20. The summed E-state index contributed by atoms with van der Waals surface area (Å²) < 4.78 is 119. The summed E-state index contributed by atoms with van der Waals surface area (Å²) >= 11 is 0. The van der Waals surface area contributed by atoms with Gasteiger partial charge in [-0.25, -0.2) is 12.6 Å². The van der Waals surface area contributed by atoms with Crippen LogP contribution in [0.25, 0.3) is 10.8 Å². The molecule has 0 heterocycles. The Labute approximate surface area is 282 Å². The fourth-order valence-corrected chi connectivity index (χ4v) is 7.06. The second-order valence-corrected chi connectivity index (χ2v) is 16.0. The average Bonchev–Trinajstić information content (AvgIpc) is 2.98. The van der Waals surface area contributed by atoms with Gasteiger partial charge in [-0.2, -0.15) is 32.2 Å². The highest BCUT2D eigenvalue weighted by Gasteiger charge is 2.28. The van der Waals surface area contributed by atoms with Crippen molar-refractivity contribution in [1.82, 2.24) is 0 Å². The maximum absolute atomic E-state index is 11.8. The first kappa shape index (κ1) is 39.3. The number of aryl methyl sites for hydroxylation is 1. The van der Waals surface area contributed by atoms with E-state index in [4.69, 9.17) is 10.3 Å². The molecule has 4 rings (SSSR count). The second kappa shape index (κ2) is 15.2. The van der Waals surface area contributed by atoms with E-state index in [9.17, 15) is 48.6 Å². The molecule has 0 bridgehead atoms. The van der Waals surface area contributed by atoms with Crippen LogP contribution < -0.4 is 5.73 Å². The minimum atomic E-state index is -4.65. The molecule has 0 fully saturated rings. The third-order valence-corrected chi connectivity index (χ3v) is 10.5. The highest BCUT2D eigenvalue weighted by molar-refractivity contribution is 8.19. The number of azo groups is 2. The quantitative estimate of drug-likeness (QED) is 0.0555. The molecule has 0 saturated heterocycles. The van der Waals surface area contributed by atoms with Crippen molar-refractivity contribution in [3.05, 3.63) is 71.8 Å². The van der Waals surface area contributed by atoms with Crippen LogP contribution in [0.3, 0.4) is 0 Å². The van der Waals surface area contributed by atoms with E-state index in [1.165, 1.54) is 38.2 Å². The van der Waals surface area contributed by atoms with Gasteiger partial charge >= 0.3 is 10.4 Å². The summed E-state index contributed by atoms with van der Waals surface area (Å²) in [5.74, 6) is -1.21. The number of phenolic OH excluding ortho intramolecular Hbond substituents is 1. The number of hydrogen-bond acceptors (Lipinski definition) is 16. The topological polar surface area (TPSA) is 308 Å². The van der Waals surface area contributed by atoms with E-state index in [-0.39, 0.29) is 26.9 Å². The molecule has 0 spiro atoms. The van der Waals surface area contributed by atoms with Gasteiger partial charge in [0.25, 0.3) is 10.1 Å². The van der Waals surface area contributed by atoms with Crippen LogP contribution in [0.1, 0.15) is 11.1 Å². The zero-order chi connectivity index (χ0) is 36.9. The molecule has 4 aromatic carbocycles. The number of fused-ring (bicyclic) bond motifs is 1. The molecule has 0 amide bonds. The van der Waals surface area contributed by atoms with Crippen LogP contribution in [0.15, 0.2) is 95.8 Å². The molecule has 18 nitrogen and oxygen atoms in total. The molecule has 22 heteroatoms. The zero-order valence-corrected chi connectivity index (χ0v) is 29.0. The molecule has 0 atom stereocenters. The fraction of sp³-hybridized carbons (Fsp3) is 0.185. The number of sulfone groups is 1. The smallest absolute Gasteiger partial charge is 0.397 e. The number of aromatic hydroxyl groups is 1. The maximum atomic E-state index is 11.8. The third kappa shape index (κ3) is 10.4. The standard InChI is InChI=1S/C18H19N3O7S2.C9H12N2O6S2/c1-9-3-5-12(6-4-9)20-21-17-14(30(26,27)28)8-11-7-13(29(23,24)25)10(2)16(19)15(11)18(17)22;1-10-11-8-2-4-9(5-3-8)18(12,13)7-6-17-19(14,15)16/h3-8,22,26-28H,19H2,1-2H3,(H,23,24,25);2-5H,6-7H2,1H3,(H,14,15,16). The van der Waals surface area contributed by atoms with Crippen LogP contribution in [0.5, 0.6) is 5.75 Å². The summed E-state index contributed by atoms with van der Waals surface area (Å²) in [7, 11) is -15.9. The van der Waals surface area contributed by atoms with Gasteiger partial charge in [0, 0.05) is 18.1 Å². The van der Waals surface area contributed by atoms with Crippen LogP contribution in [0, 0.1) is 13.8 Å². The Hall–Kier alpha value is -4.10. The SMILES string of the molecule is CN=Nc1ccc(S(=O)(=O)CCOS(=O)(=O)O)cc1.Cc1ccc(N=Nc2c(S(O)(O)O)cc3cc(S(=O)(=O)O)c(C)c(N)c3c2O)cc1. The van der Waals surface area contributed by atoms with Crippen molar-refractivity contribution in [3.63, 3.8) is 0 Å². The first-order chi connectivity index (χ1) is 22.5. The van der Waals surface area contributed by atoms with Gasteiger partial charge in [0.2, 0.25) is 0 Å². The minimum Gasteiger partial charge on any atom is -0.505 e. The lowest BCUT2D eigenvalue weighted by Crippen LogP contribution is -2.15. The highest BCUT2D eigenvalue weighted by Crippen LogP contribution is 2.55. The molecule has 0 aliphatic heterocycles. The normalized spacial score (nSPS) is 13.1. The van der Waals surface area contributed by atoms with Crippen molar-refractivity contribution in [2.24, 2.45) is 20.5 Å². The average molecular weight is 762 g/mol. The Balaban J connectivity index is 0.000000295.